The van der Waals surface area contributed by atoms with E-state index in [1.54, 1.807) is 0 Å². The highest BCUT2D eigenvalue weighted by Crippen LogP contribution is 2.15. The quantitative estimate of drug-likeness (QED) is 0.560. The van der Waals surface area contributed by atoms with Crippen molar-refractivity contribution in [1.29, 1.82) is 0 Å². The summed E-state index contributed by atoms with van der Waals surface area (Å²) in [6, 6.07) is 20.5. The molecule has 0 bridgehead atoms. The topological polar surface area (TPSA) is 30.1 Å². The Morgan fingerprint density at radius 1 is 0.727 bits per heavy atom. The molecule has 4 heteroatoms. The third-order valence-electron chi connectivity index (χ3n) is 4.54. The standard InChI is InChI=1S/C18H17BN2O/c1-20-15-9-5-3-7-13(15)11-17(20)19(22)18-12-14-8-4-6-10-16(14)21(18)2/h3-12,22H,1-2H3. The summed E-state index contributed by atoms with van der Waals surface area (Å²) < 4.78 is 4.13. The first-order chi connectivity index (χ1) is 10.7. The van der Waals surface area contributed by atoms with Gasteiger partial charge >= 0.3 is 6.92 Å². The van der Waals surface area contributed by atoms with E-state index >= 15 is 0 Å². The molecular weight excluding hydrogens is 271 g/mol. The van der Waals surface area contributed by atoms with Crippen molar-refractivity contribution in [3.63, 3.8) is 0 Å². The Morgan fingerprint density at radius 3 is 1.55 bits per heavy atom. The molecule has 4 aromatic rings. The fourth-order valence-electron chi connectivity index (χ4n) is 3.30. The lowest BCUT2D eigenvalue weighted by Crippen LogP contribution is -2.48. The molecule has 0 radical (unpaired) electrons. The smallest absolute Gasteiger partial charge is 0.393 e. The first-order valence-corrected chi connectivity index (χ1v) is 7.43. The third kappa shape index (κ3) is 1.81. The second-order valence-corrected chi connectivity index (χ2v) is 5.78. The number of rotatable bonds is 2. The molecule has 0 aliphatic rings. The molecule has 3 nitrogen and oxygen atoms in total. The van der Waals surface area contributed by atoms with Gasteiger partial charge in [0.2, 0.25) is 0 Å². The van der Waals surface area contributed by atoms with Crippen molar-refractivity contribution < 1.29 is 5.02 Å². The molecule has 2 aromatic heterocycles. The van der Waals surface area contributed by atoms with E-state index in [2.05, 4.69) is 45.5 Å². The number of para-hydroxylation sites is 2. The molecule has 0 aliphatic carbocycles. The zero-order valence-electron chi connectivity index (χ0n) is 12.7. The molecule has 108 valence electrons. The molecular formula is C18H17BN2O. The Balaban J connectivity index is 1.90. The predicted octanol–water partition coefficient (Wildman–Crippen LogP) is 1.77. The Morgan fingerprint density at radius 2 is 1.14 bits per heavy atom. The van der Waals surface area contributed by atoms with Crippen molar-refractivity contribution in [2.24, 2.45) is 14.1 Å². The van der Waals surface area contributed by atoms with Gasteiger partial charge in [0.05, 0.1) is 0 Å². The lowest BCUT2D eigenvalue weighted by atomic mass is 9.61. The number of fused-ring (bicyclic) bond motifs is 2. The lowest BCUT2D eigenvalue weighted by molar-refractivity contribution is 0.594. The summed E-state index contributed by atoms with van der Waals surface area (Å²) in [6.45, 7) is -0.644. The summed E-state index contributed by atoms with van der Waals surface area (Å²) in [5.74, 6) is 0. The number of nitrogens with zero attached hydrogens (tertiary/aromatic N) is 2. The number of hydrogen-bond acceptors (Lipinski definition) is 1. The van der Waals surface area contributed by atoms with Crippen LogP contribution in [0.15, 0.2) is 60.7 Å². The SMILES string of the molecule is Cn1c(B(O)c2cc3ccccc3n2C)cc2ccccc21. The van der Waals surface area contributed by atoms with Gasteiger partial charge in [0.25, 0.3) is 0 Å². The average molecular weight is 288 g/mol. The first kappa shape index (κ1) is 13.2. The van der Waals surface area contributed by atoms with E-state index in [0.29, 0.717) is 0 Å². The van der Waals surface area contributed by atoms with E-state index in [-0.39, 0.29) is 0 Å². The normalized spacial score (nSPS) is 11.4. The van der Waals surface area contributed by atoms with Crippen molar-refractivity contribution in [3.8, 4) is 0 Å². The fourth-order valence-corrected chi connectivity index (χ4v) is 3.30. The van der Waals surface area contributed by atoms with Gasteiger partial charge in [-0.15, -0.1) is 0 Å². The lowest BCUT2D eigenvalue weighted by Gasteiger charge is -2.10. The average Bonchev–Trinajstić information content (AvgIpc) is 3.06. The second kappa shape index (κ2) is 4.78. The van der Waals surface area contributed by atoms with E-state index < -0.39 is 6.92 Å². The highest BCUT2D eigenvalue weighted by molar-refractivity contribution is 6.78. The Bertz CT molecular complexity index is 903. The van der Waals surface area contributed by atoms with Gasteiger partial charge < -0.3 is 14.2 Å². The molecule has 0 spiro atoms. The second-order valence-electron chi connectivity index (χ2n) is 5.78. The van der Waals surface area contributed by atoms with Crippen molar-refractivity contribution >= 4 is 39.9 Å². The van der Waals surface area contributed by atoms with Crippen molar-refractivity contribution in [3.05, 3.63) is 60.7 Å². The molecule has 2 heterocycles. The summed E-state index contributed by atoms with van der Waals surface area (Å²) in [4.78, 5) is 0. The molecule has 0 saturated carbocycles. The molecule has 0 atom stereocenters. The van der Waals surface area contributed by atoms with E-state index in [4.69, 9.17) is 0 Å². The minimum atomic E-state index is -0.644. The fraction of sp³-hybridized carbons (Fsp3) is 0.111. The molecule has 2 aromatic carbocycles. The number of aryl methyl sites for hydroxylation is 2. The van der Waals surface area contributed by atoms with Crippen LogP contribution >= 0.6 is 0 Å². The molecule has 22 heavy (non-hydrogen) atoms. The van der Waals surface area contributed by atoms with Crippen molar-refractivity contribution in [2.75, 3.05) is 0 Å². The summed E-state index contributed by atoms with van der Waals surface area (Å²) in [7, 11) is 4.01. The van der Waals surface area contributed by atoms with Crippen LogP contribution in [-0.2, 0) is 14.1 Å². The summed E-state index contributed by atoms with van der Waals surface area (Å²) in [6.07, 6.45) is 0. The minimum absolute atomic E-state index is 0.644. The van der Waals surface area contributed by atoms with Crippen LogP contribution in [0.1, 0.15) is 0 Å². The van der Waals surface area contributed by atoms with Gasteiger partial charge in [-0.05, 0) is 35.0 Å². The van der Waals surface area contributed by atoms with Crippen molar-refractivity contribution in [2.45, 2.75) is 0 Å². The Kier molecular flexibility index (Phi) is 2.88. The molecule has 0 aliphatic heterocycles. The molecule has 0 saturated heterocycles. The monoisotopic (exact) mass is 288 g/mol. The minimum Gasteiger partial charge on any atom is -0.441 e. The van der Waals surface area contributed by atoms with Gasteiger partial charge in [0, 0.05) is 36.3 Å². The predicted molar refractivity (Wildman–Crippen MR) is 93.1 cm³/mol. The van der Waals surface area contributed by atoms with Crippen LogP contribution in [-0.4, -0.2) is 21.1 Å². The summed E-state index contributed by atoms with van der Waals surface area (Å²) >= 11 is 0. The number of benzene rings is 2. The van der Waals surface area contributed by atoms with E-state index in [1.807, 2.05) is 38.4 Å². The molecule has 4 rings (SSSR count). The maximum absolute atomic E-state index is 10.9. The Labute approximate surface area is 129 Å². The van der Waals surface area contributed by atoms with Crippen LogP contribution < -0.4 is 11.2 Å². The maximum atomic E-state index is 10.9. The zero-order chi connectivity index (χ0) is 15.3. The molecule has 0 fully saturated rings. The third-order valence-corrected chi connectivity index (χ3v) is 4.54. The molecule has 0 amide bonds. The van der Waals surface area contributed by atoms with Crippen molar-refractivity contribution in [1.82, 2.24) is 9.13 Å². The van der Waals surface area contributed by atoms with Crippen LogP contribution in [0.25, 0.3) is 21.8 Å². The first-order valence-electron chi connectivity index (χ1n) is 7.43. The van der Waals surface area contributed by atoms with Crippen LogP contribution in [0.5, 0.6) is 0 Å². The van der Waals surface area contributed by atoms with Gasteiger partial charge in [-0.1, -0.05) is 36.4 Å². The zero-order valence-corrected chi connectivity index (χ0v) is 12.7. The maximum Gasteiger partial charge on any atom is 0.393 e. The van der Waals surface area contributed by atoms with E-state index in [0.717, 1.165) is 33.0 Å². The van der Waals surface area contributed by atoms with E-state index in [9.17, 15) is 5.02 Å². The van der Waals surface area contributed by atoms with Gasteiger partial charge in [0.15, 0.2) is 0 Å². The highest BCUT2D eigenvalue weighted by Gasteiger charge is 2.25. The van der Waals surface area contributed by atoms with Crippen LogP contribution in [0.2, 0.25) is 0 Å². The van der Waals surface area contributed by atoms with Crippen LogP contribution in [0.3, 0.4) is 0 Å². The van der Waals surface area contributed by atoms with Gasteiger partial charge in [-0.25, -0.2) is 0 Å². The summed E-state index contributed by atoms with van der Waals surface area (Å²) in [5.41, 5.74) is 4.09. The number of hydrogen-bond donors (Lipinski definition) is 1. The Hall–Kier alpha value is -2.46. The number of aromatic nitrogens is 2. The summed E-state index contributed by atoms with van der Waals surface area (Å²) in [5, 5.41) is 13.2. The highest BCUT2D eigenvalue weighted by atomic mass is 16.2. The van der Waals surface area contributed by atoms with Crippen LogP contribution in [0, 0.1) is 0 Å². The van der Waals surface area contributed by atoms with Gasteiger partial charge in [-0.3, -0.25) is 0 Å². The molecule has 0 unspecified atom stereocenters. The van der Waals surface area contributed by atoms with Crippen LogP contribution in [0.4, 0.5) is 0 Å². The largest absolute Gasteiger partial charge is 0.441 e. The van der Waals surface area contributed by atoms with Gasteiger partial charge in [-0.2, -0.15) is 0 Å². The van der Waals surface area contributed by atoms with E-state index in [1.165, 1.54) is 0 Å². The molecule has 1 N–H and O–H groups in total. The van der Waals surface area contributed by atoms with Gasteiger partial charge in [0.1, 0.15) is 0 Å².